The van der Waals surface area contributed by atoms with Crippen LogP contribution in [0.15, 0.2) is 41.0 Å². The van der Waals surface area contributed by atoms with Gasteiger partial charge in [-0.05, 0) is 34.1 Å². The Morgan fingerprint density at radius 1 is 1.37 bits per heavy atom. The van der Waals surface area contributed by atoms with Crippen LogP contribution in [-0.2, 0) is 18.4 Å². The average Bonchev–Trinajstić information content (AvgIpc) is 2.78. The highest BCUT2D eigenvalue weighted by Crippen LogP contribution is 2.20. The Kier molecular flexibility index (Phi) is 4.70. The molecule has 6 heteroatoms. The molecule has 0 saturated carbocycles. The van der Waals surface area contributed by atoms with Crippen LogP contribution in [0.1, 0.15) is 5.69 Å². The molecule has 2 N–H and O–H groups in total. The van der Waals surface area contributed by atoms with Crippen molar-refractivity contribution in [1.29, 1.82) is 0 Å². The standard InChI is InChI=1S/C13H15BrN4O/c1-18-7-6-10(17-18)8-15-9-13(19)16-12-5-3-2-4-11(12)14/h2-7,15H,8-9H2,1H3,(H,16,19). The Hall–Kier alpha value is -1.66. The second-order valence-electron chi connectivity index (χ2n) is 4.11. The summed E-state index contributed by atoms with van der Waals surface area (Å²) in [4.78, 5) is 11.7. The SMILES string of the molecule is Cn1ccc(CNCC(=O)Nc2ccccc2Br)n1. The Morgan fingerprint density at radius 3 is 2.84 bits per heavy atom. The number of amides is 1. The molecular formula is C13H15BrN4O. The summed E-state index contributed by atoms with van der Waals surface area (Å²) in [5.74, 6) is -0.0807. The van der Waals surface area contributed by atoms with Gasteiger partial charge in [0.2, 0.25) is 5.91 Å². The number of halogens is 1. The molecular weight excluding hydrogens is 308 g/mol. The number of para-hydroxylation sites is 1. The number of nitrogens with one attached hydrogen (secondary N) is 2. The molecule has 0 fully saturated rings. The molecule has 0 aliphatic carbocycles. The zero-order valence-electron chi connectivity index (χ0n) is 10.6. The Balaban J connectivity index is 1.77. The van der Waals surface area contributed by atoms with Gasteiger partial charge in [-0.3, -0.25) is 9.48 Å². The van der Waals surface area contributed by atoms with E-state index in [9.17, 15) is 4.79 Å². The second-order valence-corrected chi connectivity index (χ2v) is 4.97. The number of aromatic nitrogens is 2. The van der Waals surface area contributed by atoms with E-state index in [-0.39, 0.29) is 12.5 Å². The summed E-state index contributed by atoms with van der Waals surface area (Å²) >= 11 is 3.38. The van der Waals surface area contributed by atoms with Crippen molar-refractivity contribution >= 4 is 27.5 Å². The van der Waals surface area contributed by atoms with Crippen molar-refractivity contribution in [2.24, 2.45) is 7.05 Å². The smallest absolute Gasteiger partial charge is 0.238 e. The van der Waals surface area contributed by atoms with Gasteiger partial charge in [0.25, 0.3) is 0 Å². The summed E-state index contributed by atoms with van der Waals surface area (Å²) in [7, 11) is 1.86. The van der Waals surface area contributed by atoms with Crippen LogP contribution in [0.3, 0.4) is 0 Å². The lowest BCUT2D eigenvalue weighted by molar-refractivity contribution is -0.115. The summed E-state index contributed by atoms with van der Waals surface area (Å²) in [5, 5.41) is 10.1. The fourth-order valence-corrected chi connectivity index (χ4v) is 2.00. The summed E-state index contributed by atoms with van der Waals surface area (Å²) in [6.45, 7) is 0.822. The van der Waals surface area contributed by atoms with Crippen LogP contribution in [0.25, 0.3) is 0 Å². The third-order valence-electron chi connectivity index (χ3n) is 2.51. The van der Waals surface area contributed by atoms with Crippen LogP contribution < -0.4 is 10.6 Å². The van der Waals surface area contributed by atoms with E-state index in [1.165, 1.54) is 0 Å². The zero-order chi connectivity index (χ0) is 13.7. The minimum Gasteiger partial charge on any atom is -0.324 e. The van der Waals surface area contributed by atoms with Gasteiger partial charge in [-0.15, -0.1) is 0 Å². The van der Waals surface area contributed by atoms with Crippen molar-refractivity contribution in [2.75, 3.05) is 11.9 Å². The molecule has 2 aromatic rings. The van der Waals surface area contributed by atoms with E-state index in [2.05, 4.69) is 31.7 Å². The second kappa shape index (κ2) is 6.49. The van der Waals surface area contributed by atoms with Gasteiger partial charge in [0.05, 0.1) is 17.9 Å². The maximum atomic E-state index is 11.7. The van der Waals surface area contributed by atoms with Gasteiger partial charge in [0, 0.05) is 24.3 Å². The lowest BCUT2D eigenvalue weighted by Crippen LogP contribution is -2.28. The molecule has 5 nitrogen and oxygen atoms in total. The van der Waals surface area contributed by atoms with Crippen molar-refractivity contribution < 1.29 is 4.79 Å². The fourth-order valence-electron chi connectivity index (χ4n) is 1.62. The first-order chi connectivity index (χ1) is 9.15. The highest BCUT2D eigenvalue weighted by atomic mass is 79.9. The fraction of sp³-hybridized carbons (Fsp3) is 0.231. The largest absolute Gasteiger partial charge is 0.324 e. The van der Waals surface area contributed by atoms with Gasteiger partial charge in [-0.25, -0.2) is 0 Å². The van der Waals surface area contributed by atoms with Crippen LogP contribution >= 0.6 is 15.9 Å². The highest BCUT2D eigenvalue weighted by Gasteiger charge is 2.05. The van der Waals surface area contributed by atoms with Crippen LogP contribution in [0.2, 0.25) is 0 Å². The normalized spacial score (nSPS) is 10.4. The van der Waals surface area contributed by atoms with Crippen LogP contribution in [0.5, 0.6) is 0 Å². The summed E-state index contributed by atoms with van der Waals surface area (Å²) < 4.78 is 2.60. The average molecular weight is 323 g/mol. The first-order valence-corrected chi connectivity index (χ1v) is 6.68. The zero-order valence-corrected chi connectivity index (χ0v) is 12.1. The highest BCUT2D eigenvalue weighted by molar-refractivity contribution is 9.10. The van der Waals surface area contributed by atoms with Crippen molar-refractivity contribution in [3.8, 4) is 0 Å². The van der Waals surface area contributed by atoms with E-state index in [1.807, 2.05) is 43.6 Å². The number of anilines is 1. The molecule has 0 aliphatic heterocycles. The molecule has 1 heterocycles. The molecule has 0 aliphatic rings. The maximum Gasteiger partial charge on any atom is 0.238 e. The number of nitrogens with zero attached hydrogens (tertiary/aromatic N) is 2. The molecule has 1 amide bonds. The molecule has 0 saturated heterocycles. The van der Waals surface area contributed by atoms with E-state index in [0.29, 0.717) is 6.54 Å². The maximum absolute atomic E-state index is 11.7. The van der Waals surface area contributed by atoms with E-state index in [0.717, 1.165) is 15.9 Å². The molecule has 1 aromatic heterocycles. The van der Waals surface area contributed by atoms with Crippen molar-refractivity contribution in [3.63, 3.8) is 0 Å². The molecule has 19 heavy (non-hydrogen) atoms. The van der Waals surface area contributed by atoms with E-state index >= 15 is 0 Å². The molecule has 0 radical (unpaired) electrons. The first-order valence-electron chi connectivity index (χ1n) is 5.89. The van der Waals surface area contributed by atoms with E-state index in [4.69, 9.17) is 0 Å². The molecule has 0 bridgehead atoms. The number of rotatable bonds is 5. The van der Waals surface area contributed by atoms with Gasteiger partial charge in [-0.2, -0.15) is 5.10 Å². The minimum absolute atomic E-state index is 0.0807. The van der Waals surface area contributed by atoms with Gasteiger partial charge >= 0.3 is 0 Å². The Labute approximate surface area is 120 Å². The van der Waals surface area contributed by atoms with Crippen molar-refractivity contribution in [1.82, 2.24) is 15.1 Å². The summed E-state index contributed by atoms with van der Waals surface area (Å²) in [6, 6.07) is 9.43. The molecule has 100 valence electrons. The Morgan fingerprint density at radius 2 is 2.16 bits per heavy atom. The van der Waals surface area contributed by atoms with Gasteiger partial charge < -0.3 is 10.6 Å². The summed E-state index contributed by atoms with van der Waals surface area (Å²) in [5.41, 5.74) is 1.68. The third kappa shape index (κ3) is 4.18. The molecule has 2 rings (SSSR count). The predicted octanol–water partition coefficient (Wildman–Crippen LogP) is 1.91. The van der Waals surface area contributed by atoms with Gasteiger partial charge in [0.15, 0.2) is 0 Å². The topological polar surface area (TPSA) is 59.0 Å². The molecule has 0 spiro atoms. The number of aryl methyl sites for hydroxylation is 1. The lowest BCUT2D eigenvalue weighted by Gasteiger charge is -2.07. The minimum atomic E-state index is -0.0807. The van der Waals surface area contributed by atoms with E-state index in [1.54, 1.807) is 4.68 Å². The molecule has 1 aromatic carbocycles. The first kappa shape index (κ1) is 13.8. The number of hydrogen-bond acceptors (Lipinski definition) is 3. The molecule has 0 unspecified atom stereocenters. The number of carbonyl (C=O) groups is 1. The van der Waals surface area contributed by atoms with Crippen LogP contribution in [0.4, 0.5) is 5.69 Å². The quantitative estimate of drug-likeness (QED) is 0.884. The molecule has 0 atom stereocenters. The number of benzene rings is 1. The summed E-state index contributed by atoms with van der Waals surface area (Å²) in [6.07, 6.45) is 1.87. The lowest BCUT2D eigenvalue weighted by atomic mass is 10.3. The van der Waals surface area contributed by atoms with Crippen LogP contribution in [0, 0.1) is 0 Å². The number of hydrogen-bond donors (Lipinski definition) is 2. The van der Waals surface area contributed by atoms with Gasteiger partial charge in [-0.1, -0.05) is 12.1 Å². The van der Waals surface area contributed by atoms with E-state index < -0.39 is 0 Å². The predicted molar refractivity (Wildman–Crippen MR) is 77.7 cm³/mol. The number of carbonyl (C=O) groups excluding carboxylic acids is 1. The third-order valence-corrected chi connectivity index (χ3v) is 3.20. The van der Waals surface area contributed by atoms with Crippen molar-refractivity contribution in [3.05, 3.63) is 46.7 Å². The monoisotopic (exact) mass is 322 g/mol. The van der Waals surface area contributed by atoms with Crippen molar-refractivity contribution in [2.45, 2.75) is 6.54 Å². The van der Waals surface area contributed by atoms with Crippen LogP contribution in [-0.4, -0.2) is 22.2 Å². The van der Waals surface area contributed by atoms with Gasteiger partial charge in [0.1, 0.15) is 0 Å². The Bertz CT molecular complexity index is 567.